The van der Waals surface area contributed by atoms with E-state index in [2.05, 4.69) is 49.7 Å². The molecule has 148 valence electrons. The van der Waals surface area contributed by atoms with Gasteiger partial charge in [0, 0.05) is 4.47 Å². The van der Waals surface area contributed by atoms with Gasteiger partial charge >= 0.3 is 6.18 Å². The zero-order valence-corrected chi connectivity index (χ0v) is 18.1. The Balaban J connectivity index is 2.70. The smallest absolute Gasteiger partial charge is 0.166 e. The van der Waals surface area contributed by atoms with Crippen LogP contribution in [0.5, 0.6) is 0 Å². The summed E-state index contributed by atoms with van der Waals surface area (Å²) in [6.07, 6.45) is 0.553. The number of alkyl halides is 3. The summed E-state index contributed by atoms with van der Waals surface area (Å²) in [6, 6.07) is 7.88. The van der Waals surface area contributed by atoms with E-state index in [0.717, 1.165) is 47.7 Å². The molecule has 4 heteroatoms. The van der Waals surface area contributed by atoms with E-state index in [0.29, 0.717) is 5.92 Å². The monoisotopic (exact) mass is 440 g/mol. The Morgan fingerprint density at radius 3 is 2.04 bits per heavy atom. The number of hydrogen-bond acceptors (Lipinski definition) is 0. The van der Waals surface area contributed by atoms with E-state index >= 15 is 0 Å². The lowest BCUT2D eigenvalue weighted by Crippen LogP contribution is -2.06. The molecule has 2 aromatic carbocycles. The summed E-state index contributed by atoms with van der Waals surface area (Å²) in [5.74, 6) is 0.437. The van der Waals surface area contributed by atoms with E-state index in [1.165, 1.54) is 28.8 Å². The van der Waals surface area contributed by atoms with Crippen molar-refractivity contribution in [3.8, 4) is 11.1 Å². The number of rotatable bonds is 7. The first-order valence-corrected chi connectivity index (χ1v) is 10.6. The molecule has 0 bridgehead atoms. The molecule has 0 spiro atoms. The summed E-state index contributed by atoms with van der Waals surface area (Å²) >= 11 is 3.82. The molecule has 0 aliphatic carbocycles. The predicted octanol–water partition coefficient (Wildman–Crippen LogP) is 8.55. The molecule has 0 fully saturated rings. The molecule has 0 aliphatic heterocycles. The highest BCUT2D eigenvalue weighted by Crippen LogP contribution is 2.41. The molecule has 1 unspecified atom stereocenters. The number of aryl methyl sites for hydroxylation is 1. The Morgan fingerprint density at radius 1 is 0.963 bits per heavy atom. The van der Waals surface area contributed by atoms with E-state index in [9.17, 15) is 13.2 Å². The Kier molecular flexibility index (Phi) is 7.55. The zero-order valence-electron chi connectivity index (χ0n) is 16.5. The van der Waals surface area contributed by atoms with Gasteiger partial charge in [-0.25, -0.2) is 0 Å². The third-order valence-electron chi connectivity index (χ3n) is 5.13. The van der Waals surface area contributed by atoms with Crippen LogP contribution in [0.15, 0.2) is 34.8 Å². The highest BCUT2D eigenvalue weighted by molar-refractivity contribution is 9.10. The summed E-state index contributed by atoms with van der Waals surface area (Å²) in [5.41, 5.74) is 5.13. The van der Waals surface area contributed by atoms with Crippen LogP contribution in [0.2, 0.25) is 0 Å². The molecule has 0 radical (unpaired) electrons. The standard InChI is InChI=1S/C23H28BrF3/c1-5-8-17-14-20(15(4)7-3)22(24)19(9-6-2)21(17)16-10-12-18(13-11-16)23(25,26)27/h10-15H,5-9H2,1-4H3. The van der Waals surface area contributed by atoms with E-state index < -0.39 is 11.7 Å². The Bertz CT molecular complexity index is 761. The van der Waals surface area contributed by atoms with Crippen molar-refractivity contribution in [3.05, 3.63) is 57.1 Å². The van der Waals surface area contributed by atoms with Gasteiger partial charge in [0.2, 0.25) is 0 Å². The Morgan fingerprint density at radius 2 is 1.56 bits per heavy atom. The second kappa shape index (κ2) is 9.27. The second-order valence-corrected chi connectivity index (χ2v) is 7.97. The van der Waals surface area contributed by atoms with Gasteiger partial charge in [0.05, 0.1) is 5.56 Å². The van der Waals surface area contributed by atoms with Crippen molar-refractivity contribution in [3.63, 3.8) is 0 Å². The van der Waals surface area contributed by atoms with Crippen molar-refractivity contribution in [2.24, 2.45) is 0 Å². The van der Waals surface area contributed by atoms with Crippen molar-refractivity contribution in [1.29, 1.82) is 0 Å². The molecule has 0 aliphatic rings. The SMILES string of the molecule is CCCc1cc(C(C)CC)c(Br)c(CCC)c1-c1ccc(C(F)(F)F)cc1. The van der Waals surface area contributed by atoms with Crippen LogP contribution in [-0.4, -0.2) is 0 Å². The number of benzene rings is 2. The van der Waals surface area contributed by atoms with Gasteiger partial charge in [0.15, 0.2) is 0 Å². The van der Waals surface area contributed by atoms with Gasteiger partial charge < -0.3 is 0 Å². The van der Waals surface area contributed by atoms with Crippen molar-refractivity contribution in [1.82, 2.24) is 0 Å². The first kappa shape index (κ1) is 22.0. The highest BCUT2D eigenvalue weighted by atomic mass is 79.9. The summed E-state index contributed by atoms with van der Waals surface area (Å²) in [6.45, 7) is 8.68. The molecule has 1 atom stereocenters. The topological polar surface area (TPSA) is 0 Å². The minimum absolute atomic E-state index is 0.437. The Hall–Kier alpha value is -1.29. The maximum atomic E-state index is 13.0. The van der Waals surface area contributed by atoms with Crippen molar-refractivity contribution in [2.75, 3.05) is 0 Å². The van der Waals surface area contributed by atoms with Gasteiger partial charge in [-0.3, -0.25) is 0 Å². The number of hydrogen-bond donors (Lipinski definition) is 0. The molecule has 0 saturated heterocycles. The first-order chi connectivity index (χ1) is 12.7. The first-order valence-electron chi connectivity index (χ1n) is 9.76. The quantitative estimate of drug-likeness (QED) is 0.404. The van der Waals surface area contributed by atoms with E-state index in [4.69, 9.17) is 0 Å². The van der Waals surface area contributed by atoms with Crippen LogP contribution in [0.1, 0.15) is 75.1 Å². The van der Waals surface area contributed by atoms with Gasteiger partial charge in [-0.2, -0.15) is 13.2 Å². The molecule has 0 aromatic heterocycles. The van der Waals surface area contributed by atoms with Crippen LogP contribution in [0, 0.1) is 0 Å². The predicted molar refractivity (Wildman–Crippen MR) is 111 cm³/mol. The van der Waals surface area contributed by atoms with Crippen LogP contribution in [0.25, 0.3) is 11.1 Å². The highest BCUT2D eigenvalue weighted by Gasteiger charge is 2.30. The summed E-state index contributed by atoms with van der Waals surface area (Å²) < 4.78 is 40.0. The third kappa shape index (κ3) is 4.96. The summed E-state index contributed by atoms with van der Waals surface area (Å²) in [4.78, 5) is 0. The molecular weight excluding hydrogens is 413 g/mol. The summed E-state index contributed by atoms with van der Waals surface area (Å²) in [7, 11) is 0. The van der Waals surface area contributed by atoms with Gasteiger partial charge in [0.1, 0.15) is 0 Å². The second-order valence-electron chi connectivity index (χ2n) is 7.18. The van der Waals surface area contributed by atoms with Gasteiger partial charge in [-0.1, -0.05) is 74.7 Å². The fraction of sp³-hybridized carbons (Fsp3) is 0.478. The van der Waals surface area contributed by atoms with Crippen molar-refractivity contribution >= 4 is 15.9 Å². The minimum atomic E-state index is -4.31. The normalized spacial score (nSPS) is 13.0. The van der Waals surface area contributed by atoms with Crippen LogP contribution in [0.4, 0.5) is 13.2 Å². The van der Waals surface area contributed by atoms with E-state index in [1.54, 1.807) is 12.1 Å². The fourth-order valence-electron chi connectivity index (χ4n) is 3.52. The molecule has 0 N–H and O–H groups in total. The maximum Gasteiger partial charge on any atom is 0.416 e. The largest absolute Gasteiger partial charge is 0.416 e. The lowest BCUT2D eigenvalue weighted by atomic mass is 9.85. The molecule has 0 saturated carbocycles. The molecule has 2 rings (SSSR count). The lowest BCUT2D eigenvalue weighted by molar-refractivity contribution is -0.137. The van der Waals surface area contributed by atoms with Crippen LogP contribution < -0.4 is 0 Å². The Labute approximate surface area is 169 Å². The van der Waals surface area contributed by atoms with Crippen LogP contribution in [-0.2, 0) is 19.0 Å². The zero-order chi connectivity index (χ0) is 20.2. The molecule has 27 heavy (non-hydrogen) atoms. The molecule has 0 heterocycles. The van der Waals surface area contributed by atoms with Gasteiger partial charge in [-0.15, -0.1) is 0 Å². The molecular formula is C23H28BrF3. The maximum absolute atomic E-state index is 13.0. The molecule has 2 aromatic rings. The van der Waals surface area contributed by atoms with E-state index in [-0.39, 0.29) is 0 Å². The van der Waals surface area contributed by atoms with Crippen LogP contribution in [0.3, 0.4) is 0 Å². The van der Waals surface area contributed by atoms with E-state index in [1.807, 2.05) is 0 Å². The fourth-order valence-corrected chi connectivity index (χ4v) is 4.42. The molecule has 0 nitrogen and oxygen atoms in total. The average Bonchev–Trinajstić information content (AvgIpc) is 2.63. The van der Waals surface area contributed by atoms with Crippen molar-refractivity contribution < 1.29 is 13.2 Å². The lowest BCUT2D eigenvalue weighted by Gasteiger charge is -2.23. The van der Waals surface area contributed by atoms with Gasteiger partial charge in [0.25, 0.3) is 0 Å². The molecule has 0 amide bonds. The van der Waals surface area contributed by atoms with Crippen molar-refractivity contribution in [2.45, 2.75) is 71.9 Å². The minimum Gasteiger partial charge on any atom is -0.166 e. The van der Waals surface area contributed by atoms with Crippen LogP contribution >= 0.6 is 15.9 Å². The average molecular weight is 441 g/mol. The van der Waals surface area contributed by atoms with Gasteiger partial charge in [-0.05, 0) is 65.1 Å². The third-order valence-corrected chi connectivity index (χ3v) is 6.07. The summed E-state index contributed by atoms with van der Waals surface area (Å²) in [5, 5.41) is 0. The number of halogens is 4.